The molecule has 3 aromatic rings. The van der Waals surface area contributed by atoms with Crippen LogP contribution in [0.15, 0.2) is 53.8 Å². The predicted molar refractivity (Wildman–Crippen MR) is 88.4 cm³/mol. The maximum absolute atomic E-state index is 14.2. The number of rotatable bonds is 5. The molecule has 0 fully saturated rings. The van der Waals surface area contributed by atoms with Crippen LogP contribution in [0.2, 0.25) is 0 Å². The third-order valence-corrected chi connectivity index (χ3v) is 5.24. The minimum Gasteiger partial charge on any atom is -0.316 e. The fourth-order valence-corrected chi connectivity index (χ4v) is 3.88. The molecule has 2 heterocycles. The van der Waals surface area contributed by atoms with E-state index in [9.17, 15) is 12.8 Å². The predicted octanol–water partition coefficient (Wildman–Crippen LogP) is 1.98. The van der Waals surface area contributed by atoms with Crippen LogP contribution >= 0.6 is 0 Å². The summed E-state index contributed by atoms with van der Waals surface area (Å²) in [5.41, 5.74) is 1.25. The van der Waals surface area contributed by atoms with Gasteiger partial charge in [-0.25, -0.2) is 16.8 Å². The molecule has 2 aromatic heterocycles. The van der Waals surface area contributed by atoms with E-state index < -0.39 is 15.8 Å². The molecule has 1 N–H and O–H groups in total. The van der Waals surface area contributed by atoms with E-state index in [1.165, 1.54) is 29.3 Å². The first-order chi connectivity index (χ1) is 11.4. The highest BCUT2D eigenvalue weighted by Crippen LogP contribution is 2.28. The molecule has 0 aliphatic carbocycles. The smallest absolute Gasteiger partial charge is 0.271 e. The molecule has 0 aliphatic heterocycles. The van der Waals surface area contributed by atoms with Gasteiger partial charge in [-0.05, 0) is 30.8 Å². The summed E-state index contributed by atoms with van der Waals surface area (Å²) in [5.74, 6) is -0.478. The number of nitrogens with zero attached hydrogens (tertiary/aromatic N) is 3. The molecule has 8 heteroatoms. The van der Waals surface area contributed by atoms with Crippen LogP contribution in [0, 0.1) is 5.82 Å². The fraction of sp³-hybridized carbons (Fsp3) is 0.188. The normalized spacial score (nSPS) is 11.8. The highest BCUT2D eigenvalue weighted by atomic mass is 32.2. The van der Waals surface area contributed by atoms with Crippen molar-refractivity contribution in [1.82, 2.24) is 19.1 Å². The first kappa shape index (κ1) is 16.4. The van der Waals surface area contributed by atoms with Crippen LogP contribution in [-0.4, -0.2) is 29.2 Å². The van der Waals surface area contributed by atoms with Gasteiger partial charge in [0.1, 0.15) is 10.7 Å². The Kier molecular flexibility index (Phi) is 4.25. The molecular weight excluding hydrogens is 331 g/mol. The molecule has 0 saturated carbocycles. The van der Waals surface area contributed by atoms with Gasteiger partial charge in [0, 0.05) is 31.5 Å². The van der Waals surface area contributed by atoms with Crippen LogP contribution in [0.3, 0.4) is 0 Å². The number of halogens is 1. The molecule has 0 amide bonds. The number of hydrogen-bond donors (Lipinski definition) is 1. The van der Waals surface area contributed by atoms with Crippen LogP contribution in [0.1, 0.15) is 5.56 Å². The van der Waals surface area contributed by atoms with Gasteiger partial charge in [-0.15, -0.1) is 0 Å². The molecule has 0 spiro atoms. The van der Waals surface area contributed by atoms with Crippen molar-refractivity contribution >= 4 is 10.0 Å². The van der Waals surface area contributed by atoms with Crippen molar-refractivity contribution in [2.45, 2.75) is 11.4 Å². The Bertz CT molecular complexity index is 976. The lowest BCUT2D eigenvalue weighted by Crippen LogP contribution is -2.13. The zero-order valence-corrected chi connectivity index (χ0v) is 14.1. The Morgan fingerprint density at radius 2 is 2.00 bits per heavy atom. The number of aryl methyl sites for hydroxylation is 1. The van der Waals surface area contributed by atoms with Gasteiger partial charge in [0.15, 0.2) is 0 Å². The zero-order valence-electron chi connectivity index (χ0n) is 13.3. The lowest BCUT2D eigenvalue weighted by molar-refractivity contribution is 0.587. The van der Waals surface area contributed by atoms with Crippen molar-refractivity contribution in [3.8, 4) is 11.3 Å². The van der Waals surface area contributed by atoms with Gasteiger partial charge in [0.25, 0.3) is 10.0 Å². The summed E-state index contributed by atoms with van der Waals surface area (Å²) in [6.45, 7) is 0.469. The van der Waals surface area contributed by atoms with Crippen molar-refractivity contribution < 1.29 is 12.8 Å². The summed E-state index contributed by atoms with van der Waals surface area (Å²) in [5, 5.41) is 6.88. The third-order valence-electron chi connectivity index (χ3n) is 3.61. The van der Waals surface area contributed by atoms with E-state index in [-0.39, 0.29) is 16.2 Å². The van der Waals surface area contributed by atoms with Gasteiger partial charge in [-0.2, -0.15) is 5.10 Å². The Hall–Kier alpha value is -2.45. The Morgan fingerprint density at radius 3 is 2.62 bits per heavy atom. The highest BCUT2D eigenvalue weighted by molar-refractivity contribution is 7.90. The zero-order chi connectivity index (χ0) is 17.3. The lowest BCUT2D eigenvalue weighted by Gasteiger charge is -2.09. The quantitative estimate of drug-likeness (QED) is 0.766. The molecule has 0 saturated heterocycles. The second-order valence-corrected chi connectivity index (χ2v) is 7.21. The second-order valence-electron chi connectivity index (χ2n) is 5.39. The topological polar surface area (TPSA) is 68.9 Å². The Labute approximate surface area is 139 Å². The van der Waals surface area contributed by atoms with E-state index in [4.69, 9.17) is 0 Å². The van der Waals surface area contributed by atoms with E-state index in [0.717, 1.165) is 9.54 Å². The molecule has 0 bridgehead atoms. The van der Waals surface area contributed by atoms with Gasteiger partial charge in [0.05, 0.1) is 11.9 Å². The maximum atomic E-state index is 14.2. The average Bonchev–Trinajstić information content (AvgIpc) is 3.15. The minimum atomic E-state index is -3.87. The first-order valence-electron chi connectivity index (χ1n) is 7.28. The van der Waals surface area contributed by atoms with Crippen molar-refractivity contribution in [2.24, 2.45) is 7.05 Å². The van der Waals surface area contributed by atoms with E-state index in [2.05, 4.69) is 10.4 Å². The van der Waals surface area contributed by atoms with Gasteiger partial charge in [0.2, 0.25) is 0 Å². The van der Waals surface area contributed by atoms with Gasteiger partial charge in [-0.3, -0.25) is 4.68 Å². The van der Waals surface area contributed by atoms with Crippen LogP contribution in [-0.2, 0) is 23.6 Å². The molecule has 0 unspecified atom stereocenters. The molecule has 0 atom stereocenters. The van der Waals surface area contributed by atoms with Gasteiger partial charge in [-0.1, -0.05) is 12.1 Å². The largest absolute Gasteiger partial charge is 0.316 e. The standard InChI is InChI=1S/C16H17FN4O2S/c1-18-8-12-7-16(14-5-3-4-6-15(14)17)21(10-12)24(22,23)13-9-19-20(2)11-13/h3-7,9-11,18H,8H2,1-2H3. The summed E-state index contributed by atoms with van der Waals surface area (Å²) >= 11 is 0. The van der Waals surface area contributed by atoms with Crippen LogP contribution in [0.25, 0.3) is 11.3 Å². The summed E-state index contributed by atoms with van der Waals surface area (Å²) in [7, 11) is -0.475. The Morgan fingerprint density at radius 1 is 1.25 bits per heavy atom. The maximum Gasteiger partial charge on any atom is 0.271 e. The van der Waals surface area contributed by atoms with Crippen molar-refractivity contribution in [1.29, 1.82) is 0 Å². The van der Waals surface area contributed by atoms with E-state index >= 15 is 0 Å². The Balaban J connectivity index is 2.22. The van der Waals surface area contributed by atoms with Crippen LogP contribution < -0.4 is 5.32 Å². The SMILES string of the molecule is CNCc1cc(-c2ccccc2F)n(S(=O)(=O)c2cnn(C)c2)c1. The van der Waals surface area contributed by atoms with E-state index in [0.29, 0.717) is 6.54 Å². The van der Waals surface area contributed by atoms with E-state index in [1.807, 2.05) is 0 Å². The van der Waals surface area contributed by atoms with Gasteiger partial charge >= 0.3 is 0 Å². The van der Waals surface area contributed by atoms with Crippen molar-refractivity contribution in [3.63, 3.8) is 0 Å². The van der Waals surface area contributed by atoms with Crippen LogP contribution in [0.5, 0.6) is 0 Å². The summed E-state index contributed by atoms with van der Waals surface area (Å²) in [6, 6.07) is 7.77. The molecule has 3 rings (SSSR count). The molecule has 24 heavy (non-hydrogen) atoms. The van der Waals surface area contributed by atoms with Gasteiger partial charge < -0.3 is 5.32 Å². The summed E-state index contributed by atoms with van der Waals surface area (Å²) in [4.78, 5) is 0.0502. The average molecular weight is 348 g/mol. The minimum absolute atomic E-state index is 0.0502. The van der Waals surface area contributed by atoms with E-state index in [1.54, 1.807) is 38.4 Å². The molecule has 126 valence electrons. The molecule has 1 aromatic carbocycles. The number of nitrogens with one attached hydrogen (secondary N) is 1. The molecule has 6 nitrogen and oxygen atoms in total. The fourth-order valence-electron chi connectivity index (χ4n) is 2.51. The van der Waals surface area contributed by atoms with Crippen LogP contribution in [0.4, 0.5) is 4.39 Å². The monoisotopic (exact) mass is 348 g/mol. The molecule has 0 radical (unpaired) electrons. The van der Waals surface area contributed by atoms with Crippen molar-refractivity contribution in [2.75, 3.05) is 7.05 Å². The molecule has 0 aliphatic rings. The number of aromatic nitrogens is 3. The summed E-state index contributed by atoms with van der Waals surface area (Å²) in [6.07, 6.45) is 4.19. The lowest BCUT2D eigenvalue weighted by atomic mass is 10.1. The second kappa shape index (κ2) is 6.21. The highest BCUT2D eigenvalue weighted by Gasteiger charge is 2.24. The third kappa shape index (κ3) is 2.85. The molecular formula is C16H17FN4O2S. The van der Waals surface area contributed by atoms with Crippen molar-refractivity contribution in [3.05, 3.63) is 60.3 Å². The number of hydrogen-bond acceptors (Lipinski definition) is 4. The number of benzene rings is 1. The summed E-state index contributed by atoms with van der Waals surface area (Å²) < 4.78 is 42.6. The first-order valence-corrected chi connectivity index (χ1v) is 8.72.